The first-order valence-electron chi connectivity index (χ1n) is 5.96. The number of rotatable bonds is 5. The predicted molar refractivity (Wildman–Crippen MR) is 71.2 cm³/mol. The molecule has 0 fully saturated rings. The molecule has 2 rings (SSSR count). The summed E-state index contributed by atoms with van der Waals surface area (Å²) in [7, 11) is 0. The van der Waals surface area contributed by atoms with Gasteiger partial charge in [-0.05, 0) is 24.6 Å². The van der Waals surface area contributed by atoms with Crippen molar-refractivity contribution in [1.29, 1.82) is 0 Å². The van der Waals surface area contributed by atoms with Crippen LogP contribution in [-0.4, -0.2) is 18.4 Å². The van der Waals surface area contributed by atoms with Crippen LogP contribution in [0.5, 0.6) is 0 Å². The van der Waals surface area contributed by atoms with Crippen LogP contribution in [0.1, 0.15) is 17.3 Å². The zero-order chi connectivity index (χ0) is 13.8. The summed E-state index contributed by atoms with van der Waals surface area (Å²) in [6, 6.07) is 7.04. The lowest BCUT2D eigenvalue weighted by atomic mass is 10.1. The summed E-state index contributed by atoms with van der Waals surface area (Å²) in [4.78, 5) is 22.9. The number of carbonyl (C=O) groups excluding carboxylic acids is 2. The number of fused-ring (bicyclic) bond motifs is 1. The number of hydrogen-bond acceptors (Lipinski definition) is 3. The summed E-state index contributed by atoms with van der Waals surface area (Å²) in [5, 5.41) is 3.49. The lowest BCUT2D eigenvalue weighted by molar-refractivity contribution is -0.120. The highest BCUT2D eigenvalue weighted by atomic mass is 16.3. The van der Waals surface area contributed by atoms with E-state index < -0.39 is 5.91 Å². The number of amides is 2. The maximum Gasteiger partial charge on any atom is 0.252 e. The molecule has 1 atom stereocenters. The molecule has 19 heavy (non-hydrogen) atoms. The summed E-state index contributed by atoms with van der Waals surface area (Å²) in [6.07, 6.45) is 3.21. The molecule has 0 aliphatic rings. The third-order valence-electron chi connectivity index (χ3n) is 2.92. The standard InChI is InChI=1S/C14H15N2O3/c1-9(13(15)17)5-7-16-14(18)11-3-2-4-12-10(11)6-8-19-12/h2-6,8-9H,7H2,1H3,(H2,15,17)(H,16,18). The molecule has 5 heteroatoms. The number of furan rings is 1. The molecule has 99 valence electrons. The fraction of sp³-hybridized carbons (Fsp3) is 0.214. The van der Waals surface area contributed by atoms with Gasteiger partial charge in [-0.3, -0.25) is 9.59 Å². The summed E-state index contributed by atoms with van der Waals surface area (Å²) >= 11 is 0. The SMILES string of the molecule is CC([CH]CNC(=O)c1cccc2occc12)C(N)=O. The van der Waals surface area contributed by atoms with E-state index in [9.17, 15) is 9.59 Å². The molecule has 0 aliphatic carbocycles. The molecule has 2 amide bonds. The fourth-order valence-corrected chi connectivity index (χ4v) is 1.73. The lowest BCUT2D eigenvalue weighted by Crippen LogP contribution is -2.29. The van der Waals surface area contributed by atoms with Crippen LogP contribution in [0.4, 0.5) is 0 Å². The van der Waals surface area contributed by atoms with Gasteiger partial charge in [-0.15, -0.1) is 0 Å². The van der Waals surface area contributed by atoms with Gasteiger partial charge in [0.15, 0.2) is 0 Å². The largest absolute Gasteiger partial charge is 0.464 e. The highest BCUT2D eigenvalue weighted by Gasteiger charge is 2.13. The summed E-state index contributed by atoms with van der Waals surface area (Å²) < 4.78 is 5.23. The summed E-state index contributed by atoms with van der Waals surface area (Å²) in [6.45, 7) is 1.97. The van der Waals surface area contributed by atoms with Gasteiger partial charge in [-0.1, -0.05) is 13.0 Å². The molecule has 1 aromatic carbocycles. The van der Waals surface area contributed by atoms with E-state index in [2.05, 4.69) is 5.32 Å². The zero-order valence-electron chi connectivity index (χ0n) is 10.6. The molecule has 0 bridgehead atoms. The second-order valence-corrected chi connectivity index (χ2v) is 4.27. The Morgan fingerprint density at radius 1 is 1.42 bits per heavy atom. The van der Waals surface area contributed by atoms with Crippen molar-refractivity contribution in [2.75, 3.05) is 6.54 Å². The molecule has 0 spiro atoms. The van der Waals surface area contributed by atoms with Crippen molar-refractivity contribution < 1.29 is 14.0 Å². The summed E-state index contributed by atoms with van der Waals surface area (Å²) in [5.41, 5.74) is 6.35. The van der Waals surface area contributed by atoms with Crippen molar-refractivity contribution in [3.8, 4) is 0 Å². The number of carbonyl (C=O) groups is 2. The molecular formula is C14H15N2O3. The van der Waals surface area contributed by atoms with Crippen molar-refractivity contribution in [2.45, 2.75) is 6.92 Å². The zero-order valence-corrected chi connectivity index (χ0v) is 10.6. The van der Waals surface area contributed by atoms with Gasteiger partial charge in [-0.25, -0.2) is 0 Å². The average molecular weight is 259 g/mol. The molecule has 1 radical (unpaired) electrons. The van der Waals surface area contributed by atoms with Crippen LogP contribution in [0.15, 0.2) is 34.9 Å². The van der Waals surface area contributed by atoms with Gasteiger partial charge < -0.3 is 15.5 Å². The van der Waals surface area contributed by atoms with Crippen molar-refractivity contribution in [3.63, 3.8) is 0 Å². The third-order valence-corrected chi connectivity index (χ3v) is 2.92. The number of primary amides is 1. The highest BCUT2D eigenvalue weighted by Crippen LogP contribution is 2.19. The topological polar surface area (TPSA) is 85.3 Å². The van der Waals surface area contributed by atoms with E-state index in [1.807, 2.05) is 0 Å². The van der Waals surface area contributed by atoms with Crippen molar-refractivity contribution in [2.24, 2.45) is 11.7 Å². The van der Waals surface area contributed by atoms with E-state index in [1.54, 1.807) is 43.9 Å². The molecule has 3 N–H and O–H groups in total. The molecular weight excluding hydrogens is 244 g/mol. The second kappa shape index (κ2) is 5.56. The number of benzene rings is 1. The first kappa shape index (κ1) is 13.1. The van der Waals surface area contributed by atoms with E-state index in [1.165, 1.54) is 0 Å². The fourth-order valence-electron chi connectivity index (χ4n) is 1.73. The molecule has 0 saturated heterocycles. The van der Waals surface area contributed by atoms with Crippen molar-refractivity contribution >= 4 is 22.8 Å². The van der Waals surface area contributed by atoms with Crippen molar-refractivity contribution in [1.82, 2.24) is 5.32 Å². The minimum absolute atomic E-state index is 0.208. The minimum atomic E-state index is -0.411. The summed E-state index contributed by atoms with van der Waals surface area (Å²) in [5.74, 6) is -0.990. The van der Waals surface area contributed by atoms with Gasteiger partial charge in [0.05, 0.1) is 11.8 Å². The molecule has 0 saturated carbocycles. The van der Waals surface area contributed by atoms with E-state index in [0.717, 1.165) is 5.39 Å². The Labute approximate surface area is 110 Å². The van der Waals surface area contributed by atoms with Gasteiger partial charge in [0.2, 0.25) is 5.91 Å². The van der Waals surface area contributed by atoms with Crippen molar-refractivity contribution in [3.05, 3.63) is 42.5 Å². The van der Waals surface area contributed by atoms with Crippen LogP contribution in [-0.2, 0) is 4.79 Å². The second-order valence-electron chi connectivity index (χ2n) is 4.27. The van der Waals surface area contributed by atoms with Gasteiger partial charge >= 0.3 is 0 Å². The monoisotopic (exact) mass is 259 g/mol. The van der Waals surface area contributed by atoms with Crippen LogP contribution in [0, 0.1) is 12.3 Å². The molecule has 0 aliphatic heterocycles. The van der Waals surface area contributed by atoms with E-state index >= 15 is 0 Å². The quantitative estimate of drug-likeness (QED) is 0.853. The molecule has 1 unspecified atom stereocenters. The van der Waals surface area contributed by atoms with Gasteiger partial charge in [-0.2, -0.15) is 0 Å². The Balaban J connectivity index is 2.00. The number of nitrogens with one attached hydrogen (secondary N) is 1. The Bertz CT molecular complexity index is 604. The lowest BCUT2D eigenvalue weighted by Gasteiger charge is -2.08. The van der Waals surface area contributed by atoms with Crippen LogP contribution in [0.25, 0.3) is 11.0 Å². The molecule has 1 heterocycles. The minimum Gasteiger partial charge on any atom is -0.464 e. The Kier molecular flexibility index (Phi) is 3.85. The normalized spacial score (nSPS) is 12.3. The molecule has 1 aromatic heterocycles. The average Bonchev–Trinajstić information content (AvgIpc) is 2.86. The van der Waals surface area contributed by atoms with E-state index in [0.29, 0.717) is 11.1 Å². The third kappa shape index (κ3) is 2.93. The maximum atomic E-state index is 12.0. The van der Waals surface area contributed by atoms with Crippen LogP contribution >= 0.6 is 0 Å². The molecule has 2 aromatic rings. The van der Waals surface area contributed by atoms with E-state index in [4.69, 9.17) is 10.2 Å². The predicted octanol–water partition coefficient (Wildman–Crippen LogP) is 1.49. The Morgan fingerprint density at radius 3 is 2.95 bits per heavy atom. The Hall–Kier alpha value is -2.30. The van der Waals surface area contributed by atoms with Gasteiger partial charge in [0, 0.05) is 17.8 Å². The first-order chi connectivity index (χ1) is 9.09. The van der Waals surface area contributed by atoms with Gasteiger partial charge in [0.1, 0.15) is 5.58 Å². The molecule has 5 nitrogen and oxygen atoms in total. The van der Waals surface area contributed by atoms with Crippen LogP contribution in [0.2, 0.25) is 0 Å². The van der Waals surface area contributed by atoms with E-state index in [-0.39, 0.29) is 18.4 Å². The number of nitrogens with two attached hydrogens (primary N) is 1. The Morgan fingerprint density at radius 2 is 2.21 bits per heavy atom. The maximum absolute atomic E-state index is 12.0. The first-order valence-corrected chi connectivity index (χ1v) is 5.96. The highest BCUT2D eigenvalue weighted by molar-refractivity contribution is 6.05. The number of hydrogen-bond donors (Lipinski definition) is 2. The van der Waals surface area contributed by atoms with Gasteiger partial charge in [0.25, 0.3) is 5.91 Å². The van der Waals surface area contributed by atoms with Crippen LogP contribution in [0.3, 0.4) is 0 Å². The van der Waals surface area contributed by atoms with Crippen LogP contribution < -0.4 is 11.1 Å². The smallest absolute Gasteiger partial charge is 0.252 e.